The topological polar surface area (TPSA) is 41.1 Å². The molecular formula is C18H29ClN2O. The van der Waals surface area contributed by atoms with Gasteiger partial charge in [-0.1, -0.05) is 50.1 Å². The predicted octanol–water partition coefficient (Wildman–Crippen LogP) is 3.18. The van der Waals surface area contributed by atoms with E-state index in [1.54, 1.807) is 0 Å². The lowest BCUT2D eigenvalue weighted by atomic mass is 9.80. The van der Waals surface area contributed by atoms with Crippen LogP contribution in [0.2, 0.25) is 0 Å². The van der Waals surface area contributed by atoms with Crippen LogP contribution in [0.15, 0.2) is 30.3 Å². The third-order valence-corrected chi connectivity index (χ3v) is 4.54. The molecule has 0 spiro atoms. The first-order valence-corrected chi connectivity index (χ1v) is 8.19. The van der Waals surface area contributed by atoms with Crippen LogP contribution in [0.4, 0.5) is 0 Å². The van der Waals surface area contributed by atoms with Crippen molar-refractivity contribution < 1.29 is 4.79 Å². The van der Waals surface area contributed by atoms with Gasteiger partial charge in [0.05, 0.1) is 0 Å². The molecule has 0 aliphatic heterocycles. The van der Waals surface area contributed by atoms with Crippen molar-refractivity contribution in [2.75, 3.05) is 13.6 Å². The van der Waals surface area contributed by atoms with Gasteiger partial charge in [-0.05, 0) is 37.8 Å². The number of nitrogens with one attached hydrogen (secondary N) is 2. The summed E-state index contributed by atoms with van der Waals surface area (Å²) in [6.45, 7) is 2.72. The van der Waals surface area contributed by atoms with Gasteiger partial charge < -0.3 is 10.6 Å². The van der Waals surface area contributed by atoms with Crippen molar-refractivity contribution in [3.63, 3.8) is 0 Å². The largest absolute Gasteiger partial charge is 0.353 e. The van der Waals surface area contributed by atoms with Crippen LogP contribution in [0.5, 0.6) is 0 Å². The van der Waals surface area contributed by atoms with E-state index in [1.165, 1.54) is 24.8 Å². The number of amides is 1. The minimum absolute atomic E-state index is 0. The Bertz CT molecular complexity index is 438. The minimum Gasteiger partial charge on any atom is -0.353 e. The Kier molecular flexibility index (Phi) is 8.51. The van der Waals surface area contributed by atoms with E-state index in [0.717, 1.165) is 19.4 Å². The summed E-state index contributed by atoms with van der Waals surface area (Å²) >= 11 is 0. The van der Waals surface area contributed by atoms with Gasteiger partial charge in [0.25, 0.3) is 0 Å². The quantitative estimate of drug-likeness (QED) is 0.844. The standard InChI is InChI=1S/C18H28N2O.ClH/c1-14(13-19-2)18(21)20-17-11-7-6-10-16(17)12-15-8-4-3-5-9-15;/h3-5,8-9,14,16-17,19H,6-7,10-13H2,1-2H3,(H,20,21);1H. The molecule has 1 amide bonds. The van der Waals surface area contributed by atoms with Crippen LogP contribution in [0.3, 0.4) is 0 Å². The molecule has 2 rings (SSSR count). The lowest BCUT2D eigenvalue weighted by Gasteiger charge is -2.33. The number of halogens is 1. The number of hydrogen-bond acceptors (Lipinski definition) is 2. The third-order valence-electron chi connectivity index (χ3n) is 4.54. The number of benzene rings is 1. The highest BCUT2D eigenvalue weighted by Crippen LogP contribution is 2.27. The van der Waals surface area contributed by atoms with Gasteiger partial charge in [0.15, 0.2) is 0 Å². The Morgan fingerprint density at radius 2 is 1.91 bits per heavy atom. The second-order valence-corrected chi connectivity index (χ2v) is 6.31. The van der Waals surface area contributed by atoms with Crippen LogP contribution in [0.1, 0.15) is 38.2 Å². The molecule has 3 atom stereocenters. The molecule has 0 aromatic heterocycles. The Balaban J connectivity index is 0.00000242. The van der Waals surface area contributed by atoms with Gasteiger partial charge in [0.2, 0.25) is 5.91 Å². The monoisotopic (exact) mass is 324 g/mol. The molecule has 1 fully saturated rings. The Morgan fingerprint density at radius 3 is 2.59 bits per heavy atom. The lowest BCUT2D eigenvalue weighted by molar-refractivity contribution is -0.125. The van der Waals surface area contributed by atoms with E-state index in [9.17, 15) is 4.79 Å². The number of hydrogen-bond donors (Lipinski definition) is 2. The molecule has 0 heterocycles. The second-order valence-electron chi connectivity index (χ2n) is 6.31. The first-order chi connectivity index (χ1) is 10.2. The van der Waals surface area contributed by atoms with E-state index in [1.807, 2.05) is 14.0 Å². The molecule has 0 bridgehead atoms. The van der Waals surface area contributed by atoms with Crippen LogP contribution < -0.4 is 10.6 Å². The highest BCUT2D eigenvalue weighted by atomic mass is 35.5. The molecule has 3 nitrogen and oxygen atoms in total. The molecule has 0 saturated heterocycles. The summed E-state index contributed by atoms with van der Waals surface area (Å²) in [6, 6.07) is 11.0. The number of carbonyl (C=O) groups is 1. The average molecular weight is 325 g/mol. The normalized spacial score (nSPS) is 22.5. The highest BCUT2D eigenvalue weighted by Gasteiger charge is 2.27. The van der Waals surface area contributed by atoms with Crippen molar-refractivity contribution in [3.05, 3.63) is 35.9 Å². The maximum absolute atomic E-state index is 12.2. The zero-order chi connectivity index (χ0) is 15.1. The first-order valence-electron chi connectivity index (χ1n) is 8.19. The molecule has 22 heavy (non-hydrogen) atoms. The fraction of sp³-hybridized carbons (Fsp3) is 0.611. The molecule has 4 heteroatoms. The average Bonchev–Trinajstić information content (AvgIpc) is 2.50. The summed E-state index contributed by atoms with van der Waals surface area (Å²) < 4.78 is 0. The van der Waals surface area contributed by atoms with E-state index in [4.69, 9.17) is 0 Å². The van der Waals surface area contributed by atoms with Gasteiger partial charge in [-0.3, -0.25) is 4.79 Å². The van der Waals surface area contributed by atoms with Crippen LogP contribution in [0.25, 0.3) is 0 Å². The molecule has 2 N–H and O–H groups in total. The maximum atomic E-state index is 12.2. The summed E-state index contributed by atoms with van der Waals surface area (Å²) in [5.41, 5.74) is 1.38. The van der Waals surface area contributed by atoms with Gasteiger partial charge in [0.1, 0.15) is 0 Å². The van der Waals surface area contributed by atoms with Crippen molar-refractivity contribution >= 4 is 18.3 Å². The predicted molar refractivity (Wildman–Crippen MR) is 94.4 cm³/mol. The summed E-state index contributed by atoms with van der Waals surface area (Å²) in [4.78, 5) is 12.2. The Hall–Kier alpha value is -1.06. The first kappa shape index (κ1) is 19.0. The van der Waals surface area contributed by atoms with E-state index >= 15 is 0 Å². The highest BCUT2D eigenvalue weighted by molar-refractivity contribution is 5.85. The van der Waals surface area contributed by atoms with E-state index in [0.29, 0.717) is 12.0 Å². The van der Waals surface area contributed by atoms with Crippen molar-refractivity contribution in [2.24, 2.45) is 11.8 Å². The maximum Gasteiger partial charge on any atom is 0.224 e. The van der Waals surface area contributed by atoms with Crippen LogP contribution in [-0.2, 0) is 11.2 Å². The van der Waals surface area contributed by atoms with Gasteiger partial charge in [-0.2, -0.15) is 0 Å². The molecule has 1 aromatic carbocycles. The zero-order valence-corrected chi connectivity index (χ0v) is 14.5. The van der Waals surface area contributed by atoms with Gasteiger partial charge in [-0.15, -0.1) is 12.4 Å². The van der Waals surface area contributed by atoms with Gasteiger partial charge in [0, 0.05) is 18.5 Å². The summed E-state index contributed by atoms with van der Waals surface area (Å²) in [6.07, 6.45) is 5.94. The number of rotatable bonds is 6. The smallest absolute Gasteiger partial charge is 0.224 e. The molecule has 1 aromatic rings. The summed E-state index contributed by atoms with van der Waals surface area (Å²) in [5.74, 6) is 0.801. The fourth-order valence-electron chi connectivity index (χ4n) is 3.28. The van der Waals surface area contributed by atoms with Gasteiger partial charge in [-0.25, -0.2) is 0 Å². The fourth-order valence-corrected chi connectivity index (χ4v) is 3.28. The Labute approximate surface area is 140 Å². The minimum atomic E-state index is 0. The molecule has 3 unspecified atom stereocenters. The zero-order valence-electron chi connectivity index (χ0n) is 13.7. The van der Waals surface area contributed by atoms with E-state index in [-0.39, 0.29) is 24.2 Å². The van der Waals surface area contributed by atoms with Crippen molar-refractivity contribution in [1.29, 1.82) is 0 Å². The summed E-state index contributed by atoms with van der Waals surface area (Å²) in [5, 5.41) is 6.37. The molecule has 0 radical (unpaired) electrons. The lowest BCUT2D eigenvalue weighted by Crippen LogP contribution is -2.46. The number of carbonyl (C=O) groups excluding carboxylic acids is 1. The van der Waals surface area contributed by atoms with Crippen molar-refractivity contribution in [3.8, 4) is 0 Å². The molecule has 1 aliphatic rings. The molecule has 1 saturated carbocycles. The van der Waals surface area contributed by atoms with Crippen LogP contribution in [0, 0.1) is 11.8 Å². The molecule has 124 valence electrons. The van der Waals surface area contributed by atoms with E-state index in [2.05, 4.69) is 41.0 Å². The second kappa shape index (κ2) is 9.86. The van der Waals surface area contributed by atoms with Gasteiger partial charge >= 0.3 is 0 Å². The Morgan fingerprint density at radius 1 is 1.23 bits per heavy atom. The molecular weight excluding hydrogens is 296 g/mol. The third kappa shape index (κ3) is 5.62. The van der Waals surface area contributed by atoms with Crippen molar-refractivity contribution in [2.45, 2.75) is 45.1 Å². The SMILES string of the molecule is CNCC(C)C(=O)NC1CCCCC1Cc1ccccc1.Cl. The molecule has 1 aliphatic carbocycles. The van der Waals surface area contributed by atoms with Crippen LogP contribution in [-0.4, -0.2) is 25.5 Å². The van der Waals surface area contributed by atoms with Crippen molar-refractivity contribution in [1.82, 2.24) is 10.6 Å². The summed E-state index contributed by atoms with van der Waals surface area (Å²) in [7, 11) is 1.89. The van der Waals surface area contributed by atoms with Crippen LogP contribution >= 0.6 is 12.4 Å². The van der Waals surface area contributed by atoms with E-state index < -0.39 is 0 Å².